The van der Waals surface area contributed by atoms with Crippen LogP contribution in [0.2, 0.25) is 0 Å². The summed E-state index contributed by atoms with van der Waals surface area (Å²) in [5.74, 6) is 0.567. The summed E-state index contributed by atoms with van der Waals surface area (Å²) in [5.41, 5.74) is 5.77. The first-order valence-corrected chi connectivity index (χ1v) is 9.37. The largest absolute Gasteiger partial charge is 0.308 e. The number of fused-ring (bicyclic) bond motifs is 2. The second-order valence-electron chi connectivity index (χ2n) is 7.47. The topological polar surface area (TPSA) is 51.0 Å². The lowest BCUT2D eigenvalue weighted by Crippen LogP contribution is -2.35. The fraction of sp³-hybridized carbons (Fsp3) is 0.381. The first-order valence-electron chi connectivity index (χ1n) is 9.37. The molecule has 0 spiro atoms. The number of hydrogen-bond acceptors (Lipinski definition) is 3. The molecule has 132 valence electrons. The summed E-state index contributed by atoms with van der Waals surface area (Å²) in [6, 6.07) is 10.3. The van der Waals surface area contributed by atoms with E-state index in [-0.39, 0.29) is 5.91 Å². The molecule has 0 saturated heterocycles. The number of carbonyl (C=O) groups excluding carboxylic acids is 1. The molecule has 1 saturated carbocycles. The van der Waals surface area contributed by atoms with E-state index in [1.54, 1.807) is 4.68 Å². The zero-order chi connectivity index (χ0) is 17.8. The minimum absolute atomic E-state index is 0.0718. The van der Waals surface area contributed by atoms with Gasteiger partial charge in [0.2, 0.25) is 0 Å². The van der Waals surface area contributed by atoms with Crippen LogP contribution in [0.15, 0.2) is 30.3 Å². The van der Waals surface area contributed by atoms with Crippen LogP contribution in [0.5, 0.6) is 0 Å². The van der Waals surface area contributed by atoms with E-state index in [0.717, 1.165) is 65.9 Å². The van der Waals surface area contributed by atoms with Crippen LogP contribution in [0.4, 0.5) is 5.69 Å². The number of nitrogens with zero attached hydrogens (tertiary/aromatic N) is 4. The van der Waals surface area contributed by atoms with Crippen LogP contribution in [0.3, 0.4) is 0 Å². The Morgan fingerprint density at radius 3 is 2.85 bits per heavy atom. The highest BCUT2D eigenvalue weighted by Gasteiger charge is 2.31. The van der Waals surface area contributed by atoms with Gasteiger partial charge in [-0.1, -0.05) is 18.2 Å². The quantitative estimate of drug-likeness (QED) is 0.710. The van der Waals surface area contributed by atoms with Crippen LogP contribution in [0.1, 0.15) is 52.5 Å². The van der Waals surface area contributed by atoms with E-state index >= 15 is 0 Å². The Morgan fingerprint density at radius 2 is 2.04 bits per heavy atom. The van der Waals surface area contributed by atoms with E-state index in [1.807, 2.05) is 37.1 Å². The molecule has 1 aliphatic carbocycles. The molecule has 2 aliphatic rings. The molecule has 5 nitrogen and oxygen atoms in total. The van der Waals surface area contributed by atoms with E-state index in [0.29, 0.717) is 5.92 Å². The van der Waals surface area contributed by atoms with Crippen molar-refractivity contribution in [2.24, 2.45) is 7.05 Å². The van der Waals surface area contributed by atoms with E-state index in [2.05, 4.69) is 17.2 Å². The van der Waals surface area contributed by atoms with Crippen molar-refractivity contribution in [3.63, 3.8) is 0 Å². The van der Waals surface area contributed by atoms with Crippen LogP contribution in [0.25, 0.3) is 11.0 Å². The van der Waals surface area contributed by atoms with Gasteiger partial charge in [0.15, 0.2) is 5.65 Å². The molecule has 0 bridgehead atoms. The SMILES string of the molecule is Cc1nn(C)c2nc(C3CC3)cc(C(=O)N3CCCc4ccccc43)c12. The summed E-state index contributed by atoms with van der Waals surface area (Å²) in [4.78, 5) is 20.4. The first-order chi connectivity index (χ1) is 12.6. The number of aromatic nitrogens is 3. The van der Waals surface area contributed by atoms with E-state index in [1.165, 1.54) is 5.56 Å². The van der Waals surface area contributed by atoms with Gasteiger partial charge in [0.05, 0.1) is 16.6 Å². The first kappa shape index (κ1) is 15.6. The minimum atomic E-state index is 0.0718. The number of para-hydroxylation sites is 1. The Morgan fingerprint density at radius 1 is 1.23 bits per heavy atom. The van der Waals surface area contributed by atoms with E-state index in [9.17, 15) is 4.79 Å². The van der Waals surface area contributed by atoms with Gasteiger partial charge in [0, 0.05) is 30.9 Å². The number of benzene rings is 1. The molecular formula is C21H22N4O. The average molecular weight is 346 g/mol. The molecule has 2 aromatic heterocycles. The molecular weight excluding hydrogens is 324 g/mol. The number of carbonyl (C=O) groups is 1. The van der Waals surface area contributed by atoms with Crippen molar-refractivity contribution in [2.45, 2.75) is 38.5 Å². The Labute approximate surface area is 152 Å². The van der Waals surface area contributed by atoms with Gasteiger partial charge in [0.1, 0.15) is 0 Å². The molecule has 3 aromatic rings. The molecule has 1 amide bonds. The maximum atomic E-state index is 13.6. The Kier molecular flexibility index (Phi) is 3.39. The summed E-state index contributed by atoms with van der Waals surface area (Å²) < 4.78 is 1.80. The third kappa shape index (κ3) is 2.34. The Bertz CT molecular complexity index is 1030. The summed E-state index contributed by atoms with van der Waals surface area (Å²) in [7, 11) is 1.91. The van der Waals surface area contributed by atoms with Gasteiger partial charge in [-0.2, -0.15) is 5.10 Å². The van der Waals surface area contributed by atoms with Crippen LogP contribution < -0.4 is 4.90 Å². The second-order valence-corrected chi connectivity index (χ2v) is 7.47. The second kappa shape index (κ2) is 5.66. The molecule has 5 heteroatoms. The number of anilines is 1. The molecule has 26 heavy (non-hydrogen) atoms. The Balaban J connectivity index is 1.68. The molecule has 0 atom stereocenters. The minimum Gasteiger partial charge on any atom is -0.308 e. The normalized spacial score (nSPS) is 16.8. The average Bonchev–Trinajstić information content (AvgIpc) is 3.47. The summed E-state index contributed by atoms with van der Waals surface area (Å²) in [6.45, 7) is 2.72. The van der Waals surface area contributed by atoms with Crippen molar-refractivity contribution in [1.29, 1.82) is 0 Å². The number of rotatable bonds is 2. The molecule has 0 unspecified atom stereocenters. The van der Waals surface area contributed by atoms with Crippen LogP contribution >= 0.6 is 0 Å². The fourth-order valence-electron chi connectivity index (χ4n) is 4.11. The third-order valence-corrected chi connectivity index (χ3v) is 5.57. The standard InChI is InChI=1S/C21H22N4O/c1-13-19-16(12-17(14-9-10-14)22-20(19)24(2)23-13)21(26)25-11-5-7-15-6-3-4-8-18(15)25/h3-4,6,8,12,14H,5,7,9-11H2,1-2H3. The lowest BCUT2D eigenvalue weighted by atomic mass is 9.99. The third-order valence-electron chi connectivity index (χ3n) is 5.57. The van der Waals surface area contributed by atoms with Crippen LogP contribution in [-0.2, 0) is 13.5 Å². The molecule has 1 aliphatic heterocycles. The van der Waals surface area contributed by atoms with Crippen LogP contribution in [-0.4, -0.2) is 27.2 Å². The van der Waals surface area contributed by atoms with E-state index in [4.69, 9.17) is 4.98 Å². The van der Waals surface area contributed by atoms with Crippen molar-refractivity contribution in [3.8, 4) is 0 Å². The lowest BCUT2D eigenvalue weighted by molar-refractivity contribution is 0.0986. The van der Waals surface area contributed by atoms with Gasteiger partial charge >= 0.3 is 0 Å². The fourth-order valence-corrected chi connectivity index (χ4v) is 4.11. The molecule has 0 radical (unpaired) electrons. The monoisotopic (exact) mass is 346 g/mol. The van der Waals surface area contributed by atoms with Gasteiger partial charge in [0.25, 0.3) is 5.91 Å². The molecule has 0 N–H and O–H groups in total. The van der Waals surface area contributed by atoms with Gasteiger partial charge in [-0.15, -0.1) is 0 Å². The van der Waals surface area contributed by atoms with Crippen molar-refractivity contribution < 1.29 is 4.79 Å². The van der Waals surface area contributed by atoms with Gasteiger partial charge in [-0.25, -0.2) is 4.98 Å². The summed E-state index contributed by atoms with van der Waals surface area (Å²) in [5, 5.41) is 5.42. The number of pyridine rings is 1. The van der Waals surface area contributed by atoms with Gasteiger partial charge in [-0.05, 0) is 50.3 Å². The van der Waals surface area contributed by atoms with Gasteiger partial charge < -0.3 is 4.90 Å². The molecule has 5 rings (SSSR count). The van der Waals surface area contributed by atoms with Gasteiger partial charge in [-0.3, -0.25) is 9.48 Å². The highest BCUT2D eigenvalue weighted by Crippen LogP contribution is 2.41. The molecule has 3 heterocycles. The van der Waals surface area contributed by atoms with Crippen molar-refractivity contribution in [3.05, 3.63) is 52.8 Å². The summed E-state index contributed by atoms with van der Waals surface area (Å²) >= 11 is 0. The molecule has 1 fully saturated rings. The predicted molar refractivity (Wildman–Crippen MR) is 102 cm³/mol. The zero-order valence-electron chi connectivity index (χ0n) is 15.2. The van der Waals surface area contributed by atoms with Crippen molar-refractivity contribution in [1.82, 2.24) is 14.8 Å². The van der Waals surface area contributed by atoms with Crippen LogP contribution in [0, 0.1) is 6.92 Å². The van der Waals surface area contributed by atoms with E-state index < -0.39 is 0 Å². The Hall–Kier alpha value is -2.69. The van der Waals surface area contributed by atoms with Crippen molar-refractivity contribution in [2.75, 3.05) is 11.4 Å². The zero-order valence-corrected chi connectivity index (χ0v) is 15.2. The highest BCUT2D eigenvalue weighted by molar-refractivity contribution is 6.14. The van der Waals surface area contributed by atoms with Crippen molar-refractivity contribution >= 4 is 22.6 Å². The smallest absolute Gasteiger partial charge is 0.259 e. The lowest BCUT2D eigenvalue weighted by Gasteiger charge is -2.29. The molecule has 1 aromatic carbocycles. The summed E-state index contributed by atoms with van der Waals surface area (Å²) in [6.07, 6.45) is 4.36. The maximum Gasteiger partial charge on any atom is 0.259 e. The maximum absolute atomic E-state index is 13.6. The number of amides is 1. The highest BCUT2D eigenvalue weighted by atomic mass is 16.2. The predicted octanol–water partition coefficient (Wildman–Crippen LogP) is 3.75. The number of aryl methyl sites for hydroxylation is 3. The number of hydrogen-bond donors (Lipinski definition) is 0.